The van der Waals surface area contributed by atoms with Crippen molar-refractivity contribution < 1.29 is 14.3 Å². The molecule has 2 aromatic rings. The maximum atomic E-state index is 12.4. The molecule has 0 heterocycles. The van der Waals surface area contributed by atoms with Gasteiger partial charge in [0.1, 0.15) is 11.5 Å². The number of ether oxygens (including phenoxy) is 2. The normalized spacial score (nSPS) is 12.0. The Morgan fingerprint density at radius 2 is 1.79 bits per heavy atom. The van der Waals surface area contributed by atoms with Gasteiger partial charge in [-0.3, -0.25) is 4.79 Å². The highest BCUT2D eigenvalue weighted by Gasteiger charge is 2.16. The van der Waals surface area contributed by atoms with E-state index in [-0.39, 0.29) is 12.0 Å². The second-order valence-corrected chi connectivity index (χ2v) is 7.67. The van der Waals surface area contributed by atoms with Gasteiger partial charge in [-0.2, -0.15) is 0 Å². The van der Waals surface area contributed by atoms with Gasteiger partial charge >= 0.3 is 0 Å². The van der Waals surface area contributed by atoms with Crippen molar-refractivity contribution in [3.05, 3.63) is 58.7 Å². The topological polar surface area (TPSA) is 47.6 Å². The van der Waals surface area contributed by atoms with Crippen LogP contribution in [0.5, 0.6) is 11.5 Å². The highest BCUT2D eigenvalue weighted by molar-refractivity contribution is 5.80. The molecule has 0 aromatic heterocycles. The first-order chi connectivity index (χ1) is 13.3. The quantitative estimate of drug-likeness (QED) is 0.626. The molecule has 2 aromatic carbocycles. The molecule has 0 aliphatic rings. The van der Waals surface area contributed by atoms with Gasteiger partial charge in [0, 0.05) is 6.54 Å². The zero-order valence-electron chi connectivity index (χ0n) is 18.0. The Bertz CT molecular complexity index is 798. The van der Waals surface area contributed by atoms with Gasteiger partial charge in [0.05, 0.1) is 6.10 Å². The number of aryl methyl sites for hydroxylation is 3. The van der Waals surface area contributed by atoms with Crippen LogP contribution in [0.15, 0.2) is 36.4 Å². The van der Waals surface area contributed by atoms with E-state index < -0.39 is 6.10 Å². The Balaban J connectivity index is 1.79. The highest BCUT2D eigenvalue weighted by atomic mass is 16.5. The summed E-state index contributed by atoms with van der Waals surface area (Å²) in [7, 11) is 0. The highest BCUT2D eigenvalue weighted by Crippen LogP contribution is 2.24. The van der Waals surface area contributed by atoms with Crippen LogP contribution < -0.4 is 14.8 Å². The Labute approximate surface area is 169 Å². The van der Waals surface area contributed by atoms with Crippen LogP contribution in [0.4, 0.5) is 0 Å². The van der Waals surface area contributed by atoms with Crippen LogP contribution in [0, 0.1) is 20.8 Å². The summed E-state index contributed by atoms with van der Waals surface area (Å²) in [5, 5.41) is 2.97. The lowest BCUT2D eigenvalue weighted by Gasteiger charge is -2.18. The zero-order valence-corrected chi connectivity index (χ0v) is 18.0. The minimum Gasteiger partial charge on any atom is -0.491 e. The molecule has 0 aliphatic heterocycles. The Hall–Kier alpha value is -2.49. The molecule has 0 spiro atoms. The molecule has 0 radical (unpaired) electrons. The van der Waals surface area contributed by atoms with Crippen LogP contribution in [0.1, 0.15) is 49.4 Å². The number of rotatable bonds is 9. The van der Waals surface area contributed by atoms with Crippen LogP contribution in [-0.2, 0) is 11.2 Å². The maximum absolute atomic E-state index is 12.4. The molecular weight excluding hydrogens is 350 g/mol. The van der Waals surface area contributed by atoms with Gasteiger partial charge in [-0.25, -0.2) is 0 Å². The number of hydrogen-bond donors (Lipinski definition) is 1. The summed E-state index contributed by atoms with van der Waals surface area (Å²) < 4.78 is 11.6. The average Bonchev–Trinajstić information content (AvgIpc) is 2.62. The fourth-order valence-electron chi connectivity index (χ4n) is 3.06. The SMILES string of the molecule is Cc1cc(C)c(C)c(OC(C)C(=O)NCCCc2cccc(OC(C)C)c2)c1. The summed E-state index contributed by atoms with van der Waals surface area (Å²) in [4.78, 5) is 12.4. The van der Waals surface area contributed by atoms with Gasteiger partial charge < -0.3 is 14.8 Å². The van der Waals surface area contributed by atoms with E-state index in [0.29, 0.717) is 6.54 Å². The molecular formula is C24H33NO3. The standard InChI is InChI=1S/C24H33NO3/c1-16(2)27-22-11-7-9-21(15-22)10-8-12-25-24(26)20(6)28-23-14-17(3)13-18(4)19(23)5/h7,9,11,13-16,20H,8,10,12H2,1-6H3,(H,25,26). The van der Waals surface area contributed by atoms with Crippen LogP contribution in [-0.4, -0.2) is 24.7 Å². The van der Waals surface area contributed by atoms with E-state index in [1.165, 1.54) is 11.1 Å². The third-order valence-electron chi connectivity index (χ3n) is 4.65. The number of hydrogen-bond acceptors (Lipinski definition) is 3. The van der Waals surface area contributed by atoms with Crippen molar-refractivity contribution in [1.29, 1.82) is 0 Å². The molecule has 0 aliphatic carbocycles. The van der Waals surface area contributed by atoms with E-state index in [2.05, 4.69) is 30.4 Å². The van der Waals surface area contributed by atoms with Crippen molar-refractivity contribution in [2.75, 3.05) is 6.54 Å². The summed E-state index contributed by atoms with van der Waals surface area (Å²) in [6, 6.07) is 12.2. The summed E-state index contributed by atoms with van der Waals surface area (Å²) in [5.41, 5.74) is 4.59. The molecule has 1 atom stereocenters. The van der Waals surface area contributed by atoms with Crippen LogP contribution in [0.25, 0.3) is 0 Å². The molecule has 0 fully saturated rings. The second kappa shape index (κ2) is 10.2. The van der Waals surface area contributed by atoms with Gasteiger partial charge in [-0.1, -0.05) is 18.2 Å². The lowest BCUT2D eigenvalue weighted by atomic mass is 10.1. The first kappa shape index (κ1) is 21.8. The van der Waals surface area contributed by atoms with Crippen LogP contribution in [0.2, 0.25) is 0 Å². The zero-order chi connectivity index (χ0) is 20.7. The molecule has 0 bridgehead atoms. The summed E-state index contributed by atoms with van der Waals surface area (Å²) >= 11 is 0. The maximum Gasteiger partial charge on any atom is 0.260 e. The number of carbonyl (C=O) groups is 1. The molecule has 4 nitrogen and oxygen atoms in total. The van der Waals surface area contributed by atoms with Crippen molar-refractivity contribution in [3.8, 4) is 11.5 Å². The molecule has 2 rings (SSSR count). The minimum atomic E-state index is -0.525. The van der Waals surface area contributed by atoms with E-state index in [4.69, 9.17) is 9.47 Å². The molecule has 1 amide bonds. The summed E-state index contributed by atoms with van der Waals surface area (Å²) in [6.45, 7) is 12.6. The number of carbonyl (C=O) groups excluding carboxylic acids is 1. The smallest absolute Gasteiger partial charge is 0.260 e. The molecule has 0 saturated heterocycles. The van der Waals surface area contributed by atoms with Gasteiger partial charge in [0.15, 0.2) is 6.10 Å². The second-order valence-electron chi connectivity index (χ2n) is 7.67. The third kappa shape index (κ3) is 6.59. The van der Waals surface area contributed by atoms with Gasteiger partial charge in [0.25, 0.3) is 5.91 Å². The Kier molecular flexibility index (Phi) is 7.91. The predicted octanol–water partition coefficient (Wildman–Crippen LogP) is 4.92. The number of benzene rings is 2. The third-order valence-corrected chi connectivity index (χ3v) is 4.65. The summed E-state index contributed by atoms with van der Waals surface area (Å²) in [6.07, 6.45) is 1.40. The van der Waals surface area contributed by atoms with E-state index in [9.17, 15) is 4.79 Å². The van der Waals surface area contributed by atoms with Crippen molar-refractivity contribution in [2.24, 2.45) is 0 Å². The lowest BCUT2D eigenvalue weighted by molar-refractivity contribution is -0.127. The molecule has 28 heavy (non-hydrogen) atoms. The van der Waals surface area contributed by atoms with Crippen molar-refractivity contribution in [2.45, 2.75) is 66.6 Å². The summed E-state index contributed by atoms with van der Waals surface area (Å²) in [5.74, 6) is 1.58. The molecule has 0 saturated carbocycles. The largest absolute Gasteiger partial charge is 0.491 e. The first-order valence-electron chi connectivity index (χ1n) is 10.0. The monoisotopic (exact) mass is 383 g/mol. The fraction of sp³-hybridized carbons (Fsp3) is 0.458. The van der Waals surface area contributed by atoms with Crippen LogP contribution in [0.3, 0.4) is 0 Å². The number of amides is 1. The fourth-order valence-corrected chi connectivity index (χ4v) is 3.06. The lowest BCUT2D eigenvalue weighted by Crippen LogP contribution is -2.37. The van der Waals surface area contributed by atoms with E-state index in [1.807, 2.05) is 45.9 Å². The number of nitrogens with one attached hydrogen (secondary N) is 1. The van der Waals surface area contributed by atoms with Gasteiger partial charge in [-0.05, 0) is 94.8 Å². The minimum absolute atomic E-state index is 0.0875. The van der Waals surface area contributed by atoms with Crippen molar-refractivity contribution >= 4 is 5.91 Å². The van der Waals surface area contributed by atoms with Crippen molar-refractivity contribution in [3.63, 3.8) is 0 Å². The van der Waals surface area contributed by atoms with E-state index >= 15 is 0 Å². The van der Waals surface area contributed by atoms with Gasteiger partial charge in [-0.15, -0.1) is 0 Å². The molecule has 152 valence electrons. The molecule has 4 heteroatoms. The predicted molar refractivity (Wildman–Crippen MR) is 114 cm³/mol. The first-order valence-corrected chi connectivity index (χ1v) is 10.0. The van der Waals surface area contributed by atoms with Crippen LogP contribution >= 0.6 is 0 Å². The Morgan fingerprint density at radius 3 is 2.50 bits per heavy atom. The van der Waals surface area contributed by atoms with E-state index in [0.717, 1.165) is 35.5 Å². The van der Waals surface area contributed by atoms with Gasteiger partial charge in [0.2, 0.25) is 0 Å². The van der Waals surface area contributed by atoms with E-state index in [1.54, 1.807) is 6.92 Å². The average molecular weight is 384 g/mol. The molecule has 1 unspecified atom stereocenters. The van der Waals surface area contributed by atoms with Crippen molar-refractivity contribution in [1.82, 2.24) is 5.32 Å². The Morgan fingerprint density at radius 1 is 1.04 bits per heavy atom. The molecule has 1 N–H and O–H groups in total.